The lowest BCUT2D eigenvalue weighted by molar-refractivity contribution is 0.0488. The van der Waals surface area contributed by atoms with E-state index in [9.17, 15) is 14.4 Å². The van der Waals surface area contributed by atoms with Crippen molar-refractivity contribution in [2.45, 2.75) is 45.8 Å². The number of rotatable bonds is 8. The fourth-order valence-corrected chi connectivity index (χ4v) is 3.75. The molecule has 1 aliphatic heterocycles. The van der Waals surface area contributed by atoms with Gasteiger partial charge >= 0.3 is 11.9 Å². The maximum Gasteiger partial charge on any atom is 0.359 e. The summed E-state index contributed by atoms with van der Waals surface area (Å²) >= 11 is 0. The van der Waals surface area contributed by atoms with Gasteiger partial charge < -0.3 is 24.1 Å². The number of pyridine rings is 1. The molecule has 172 valence electrons. The van der Waals surface area contributed by atoms with Crippen LogP contribution in [0.3, 0.4) is 0 Å². The van der Waals surface area contributed by atoms with Gasteiger partial charge in [-0.2, -0.15) is 0 Å². The molecule has 1 N–H and O–H groups in total. The van der Waals surface area contributed by atoms with Gasteiger partial charge in [0, 0.05) is 18.8 Å². The molecule has 0 aliphatic carbocycles. The van der Waals surface area contributed by atoms with E-state index in [-0.39, 0.29) is 42.9 Å². The Morgan fingerprint density at radius 3 is 2.50 bits per heavy atom. The van der Waals surface area contributed by atoms with E-state index in [2.05, 4.69) is 5.32 Å². The van der Waals surface area contributed by atoms with Gasteiger partial charge in [0.25, 0.3) is 0 Å². The van der Waals surface area contributed by atoms with Gasteiger partial charge in [0.1, 0.15) is 12.2 Å². The first kappa shape index (κ1) is 23.5. The minimum absolute atomic E-state index is 0.0227. The third kappa shape index (κ3) is 5.56. The highest BCUT2D eigenvalue weighted by molar-refractivity contribution is 5.94. The molecule has 1 unspecified atom stereocenters. The van der Waals surface area contributed by atoms with E-state index >= 15 is 0 Å². The molecule has 2 heterocycles. The van der Waals surface area contributed by atoms with Crippen molar-refractivity contribution in [1.82, 2.24) is 9.88 Å². The minimum Gasteiger partial charge on any atom is -0.482 e. The van der Waals surface area contributed by atoms with E-state index in [0.717, 1.165) is 31.4 Å². The van der Waals surface area contributed by atoms with Crippen molar-refractivity contribution in [3.05, 3.63) is 63.6 Å². The lowest BCUT2D eigenvalue weighted by Crippen LogP contribution is -2.32. The van der Waals surface area contributed by atoms with Crippen LogP contribution in [-0.2, 0) is 16.1 Å². The molecule has 1 aliphatic rings. The molecule has 0 amide bonds. The lowest BCUT2D eigenvalue weighted by atomic mass is 10.1. The fraction of sp³-hybridized carbons (Fsp3) is 0.458. The number of carbonyl (C=O) groups excluding carboxylic acids is 2. The molecule has 32 heavy (non-hydrogen) atoms. The summed E-state index contributed by atoms with van der Waals surface area (Å²) in [6.45, 7) is 5.17. The van der Waals surface area contributed by atoms with Crippen molar-refractivity contribution in [2.75, 3.05) is 26.3 Å². The number of carbonyl (C=O) groups is 2. The fourth-order valence-electron chi connectivity index (χ4n) is 3.75. The molecule has 1 aromatic carbocycles. The summed E-state index contributed by atoms with van der Waals surface area (Å²) in [6, 6.07) is 9.15. The summed E-state index contributed by atoms with van der Waals surface area (Å²) in [6.07, 6.45) is 4.15. The van der Waals surface area contributed by atoms with Crippen LogP contribution in [0, 0.1) is 0 Å². The summed E-state index contributed by atoms with van der Waals surface area (Å²) in [5.74, 6) is -1.60. The number of esters is 2. The number of ether oxygens (including phenoxy) is 3. The van der Waals surface area contributed by atoms with Gasteiger partial charge in [0.05, 0.1) is 13.2 Å². The largest absolute Gasteiger partial charge is 0.482 e. The Morgan fingerprint density at radius 2 is 1.78 bits per heavy atom. The molecule has 1 fully saturated rings. The molecule has 0 radical (unpaired) electrons. The van der Waals surface area contributed by atoms with Crippen LogP contribution in [0.15, 0.2) is 41.3 Å². The Bertz CT molecular complexity index is 978. The molecule has 0 saturated carbocycles. The molecule has 2 aromatic rings. The maximum absolute atomic E-state index is 13.3. The highest BCUT2D eigenvalue weighted by Crippen LogP contribution is 2.26. The van der Waals surface area contributed by atoms with Crippen molar-refractivity contribution >= 4 is 11.9 Å². The van der Waals surface area contributed by atoms with E-state index in [1.165, 1.54) is 6.20 Å². The summed E-state index contributed by atoms with van der Waals surface area (Å²) in [4.78, 5) is 38.8. The molecule has 1 saturated heterocycles. The number of benzene rings is 1. The predicted molar refractivity (Wildman–Crippen MR) is 119 cm³/mol. The molecule has 1 aromatic heterocycles. The van der Waals surface area contributed by atoms with Crippen LogP contribution in [0.1, 0.15) is 65.6 Å². The summed E-state index contributed by atoms with van der Waals surface area (Å²) in [5.41, 5.74) is 0.00734. The molecular formula is C24H30N2O6. The highest BCUT2D eigenvalue weighted by atomic mass is 16.5. The van der Waals surface area contributed by atoms with Crippen molar-refractivity contribution in [3.8, 4) is 5.75 Å². The third-order valence-corrected chi connectivity index (χ3v) is 5.30. The molecule has 1 atom stereocenters. The van der Waals surface area contributed by atoms with Gasteiger partial charge in [-0.15, -0.1) is 0 Å². The second-order valence-corrected chi connectivity index (χ2v) is 7.53. The van der Waals surface area contributed by atoms with Crippen LogP contribution in [0.5, 0.6) is 5.75 Å². The van der Waals surface area contributed by atoms with E-state index in [1.54, 1.807) is 18.4 Å². The Labute approximate surface area is 187 Å². The number of nitrogens with one attached hydrogen (secondary N) is 1. The second kappa shape index (κ2) is 11.5. The van der Waals surface area contributed by atoms with E-state index in [0.29, 0.717) is 6.54 Å². The number of hydrogen-bond donors (Lipinski definition) is 1. The van der Waals surface area contributed by atoms with E-state index in [4.69, 9.17) is 14.2 Å². The quantitative estimate of drug-likeness (QED) is 0.628. The van der Waals surface area contributed by atoms with Gasteiger partial charge in [-0.1, -0.05) is 36.8 Å². The molecule has 0 bridgehead atoms. The Hall–Kier alpha value is -3.13. The van der Waals surface area contributed by atoms with Crippen molar-refractivity contribution in [1.29, 1.82) is 0 Å². The van der Waals surface area contributed by atoms with Crippen molar-refractivity contribution in [3.63, 3.8) is 0 Å². The monoisotopic (exact) mass is 442 g/mol. The average Bonchev–Trinajstić information content (AvgIpc) is 3.08. The Morgan fingerprint density at radius 1 is 1.06 bits per heavy atom. The van der Waals surface area contributed by atoms with Crippen molar-refractivity contribution < 1.29 is 23.8 Å². The standard InChI is InChI=1S/C24H30N2O6/c1-3-30-23(28)19-15-26(18-12-8-9-13-25-14-18)20(24(29)31-4-2)22(21(19)27)32-16-17-10-6-5-7-11-17/h5-7,10-11,15,18,25H,3-4,8-9,12-14,16H2,1-2H3. The Kier molecular flexibility index (Phi) is 8.44. The highest BCUT2D eigenvalue weighted by Gasteiger charge is 2.30. The SMILES string of the molecule is CCOC(=O)c1cn(C2CCCCNC2)c(C(=O)OCC)c(OCc2ccccc2)c1=O. The molecule has 8 nitrogen and oxygen atoms in total. The lowest BCUT2D eigenvalue weighted by Gasteiger charge is -2.24. The third-order valence-electron chi connectivity index (χ3n) is 5.30. The van der Waals surface area contributed by atoms with Crippen LogP contribution in [-0.4, -0.2) is 42.8 Å². The van der Waals surface area contributed by atoms with Crippen LogP contribution in [0.2, 0.25) is 0 Å². The van der Waals surface area contributed by atoms with Crippen molar-refractivity contribution in [2.24, 2.45) is 0 Å². The smallest absolute Gasteiger partial charge is 0.359 e. The zero-order valence-electron chi connectivity index (χ0n) is 18.6. The van der Waals surface area contributed by atoms with Crippen LogP contribution in [0.25, 0.3) is 0 Å². The molecular weight excluding hydrogens is 412 g/mol. The van der Waals surface area contributed by atoms with E-state index < -0.39 is 17.4 Å². The van der Waals surface area contributed by atoms with Crippen LogP contribution < -0.4 is 15.5 Å². The molecule has 8 heteroatoms. The van der Waals surface area contributed by atoms with Gasteiger partial charge in [-0.3, -0.25) is 4.79 Å². The average molecular weight is 443 g/mol. The second-order valence-electron chi connectivity index (χ2n) is 7.53. The number of nitrogens with zero attached hydrogens (tertiary/aromatic N) is 1. The summed E-state index contributed by atoms with van der Waals surface area (Å²) in [5, 5.41) is 3.35. The number of aromatic nitrogens is 1. The van der Waals surface area contributed by atoms with E-state index in [1.807, 2.05) is 30.3 Å². The topological polar surface area (TPSA) is 95.9 Å². The zero-order valence-corrected chi connectivity index (χ0v) is 18.6. The summed E-state index contributed by atoms with van der Waals surface area (Å²) < 4.78 is 17.9. The molecule has 0 spiro atoms. The first-order chi connectivity index (χ1) is 15.6. The van der Waals surface area contributed by atoms with Gasteiger partial charge in [0.2, 0.25) is 5.43 Å². The van der Waals surface area contributed by atoms with Gasteiger partial charge in [-0.25, -0.2) is 9.59 Å². The normalized spacial score (nSPS) is 16.1. The van der Waals surface area contributed by atoms with Crippen LogP contribution >= 0.6 is 0 Å². The zero-order chi connectivity index (χ0) is 22.9. The van der Waals surface area contributed by atoms with Gasteiger partial charge in [-0.05, 0) is 38.8 Å². The first-order valence-electron chi connectivity index (χ1n) is 11.1. The Balaban J connectivity index is 2.15. The first-order valence-corrected chi connectivity index (χ1v) is 11.1. The maximum atomic E-state index is 13.3. The minimum atomic E-state index is -0.743. The molecule has 3 rings (SSSR count). The van der Waals surface area contributed by atoms with Crippen LogP contribution in [0.4, 0.5) is 0 Å². The van der Waals surface area contributed by atoms with Gasteiger partial charge in [0.15, 0.2) is 11.4 Å². The summed E-state index contributed by atoms with van der Waals surface area (Å²) in [7, 11) is 0. The number of hydrogen-bond acceptors (Lipinski definition) is 7. The predicted octanol–water partition coefficient (Wildman–Crippen LogP) is 3.10.